The Hall–Kier alpha value is -2.07. The molecule has 1 aliphatic heterocycles. The van der Waals surface area contributed by atoms with Crippen LogP contribution in [0.25, 0.3) is 12.2 Å². The van der Waals surface area contributed by atoms with E-state index in [-0.39, 0.29) is 10.6 Å². The molecule has 0 saturated heterocycles. The van der Waals surface area contributed by atoms with Crippen molar-refractivity contribution in [3.63, 3.8) is 0 Å². The molecule has 0 aromatic heterocycles. The first-order valence-corrected chi connectivity index (χ1v) is 6.29. The van der Waals surface area contributed by atoms with Crippen molar-refractivity contribution < 1.29 is 4.92 Å². The lowest BCUT2D eigenvalue weighted by atomic mass is 10.1. The Balaban J connectivity index is 2.12. The van der Waals surface area contributed by atoms with Crippen LogP contribution in [0.15, 0.2) is 52.3 Å². The van der Waals surface area contributed by atoms with E-state index >= 15 is 0 Å². The third-order valence-corrected chi connectivity index (χ3v) is 3.97. The van der Waals surface area contributed by atoms with Crippen LogP contribution in [0, 0.1) is 10.1 Å². The van der Waals surface area contributed by atoms with Gasteiger partial charge in [-0.25, -0.2) is 0 Å². The Kier molecular flexibility index (Phi) is 2.64. The second-order valence-electron chi connectivity index (χ2n) is 3.95. The zero-order valence-electron chi connectivity index (χ0n) is 9.37. The molecule has 0 radical (unpaired) electrons. The molecule has 0 bridgehead atoms. The van der Waals surface area contributed by atoms with E-state index in [2.05, 4.69) is 6.07 Å². The van der Waals surface area contributed by atoms with Crippen LogP contribution < -0.4 is 0 Å². The molecule has 1 aliphatic rings. The van der Waals surface area contributed by atoms with Gasteiger partial charge in [0.1, 0.15) is 0 Å². The van der Waals surface area contributed by atoms with E-state index in [0.717, 1.165) is 16.0 Å². The van der Waals surface area contributed by atoms with E-state index in [9.17, 15) is 10.1 Å². The molecule has 0 spiro atoms. The van der Waals surface area contributed by atoms with Gasteiger partial charge in [0.2, 0.25) is 0 Å². The summed E-state index contributed by atoms with van der Waals surface area (Å²) in [4.78, 5) is 12.6. The van der Waals surface area contributed by atoms with Crippen LogP contribution in [0.5, 0.6) is 0 Å². The Morgan fingerprint density at radius 3 is 2.50 bits per heavy atom. The average molecular weight is 255 g/mol. The van der Waals surface area contributed by atoms with Crippen molar-refractivity contribution in [2.45, 2.75) is 9.79 Å². The minimum Gasteiger partial charge on any atom is -0.258 e. The average Bonchev–Trinajstić information content (AvgIpc) is 2.56. The van der Waals surface area contributed by atoms with Gasteiger partial charge in [0.05, 0.1) is 4.92 Å². The van der Waals surface area contributed by atoms with Crippen molar-refractivity contribution in [2.75, 3.05) is 0 Å². The summed E-state index contributed by atoms with van der Waals surface area (Å²) in [5.74, 6) is 0. The highest BCUT2D eigenvalue weighted by Crippen LogP contribution is 2.38. The van der Waals surface area contributed by atoms with Crippen LogP contribution in [0.4, 0.5) is 5.69 Å². The minimum absolute atomic E-state index is 0.130. The summed E-state index contributed by atoms with van der Waals surface area (Å²) in [7, 11) is 0. The fourth-order valence-electron chi connectivity index (χ4n) is 1.88. The summed E-state index contributed by atoms with van der Waals surface area (Å²) in [5.41, 5.74) is 2.16. The van der Waals surface area contributed by atoms with Crippen molar-refractivity contribution >= 4 is 29.6 Å². The number of fused-ring (bicyclic) bond motifs is 2. The molecule has 1 heterocycles. The first-order valence-electron chi connectivity index (χ1n) is 5.47. The Morgan fingerprint density at radius 1 is 0.944 bits per heavy atom. The lowest BCUT2D eigenvalue weighted by Crippen LogP contribution is -1.89. The fraction of sp³-hybridized carbons (Fsp3) is 0. The molecule has 3 nitrogen and oxygen atoms in total. The number of nitrogens with zero attached hydrogens (tertiary/aromatic N) is 1. The molecule has 0 atom stereocenters. The van der Waals surface area contributed by atoms with Crippen LogP contribution in [-0.2, 0) is 0 Å². The quantitative estimate of drug-likeness (QED) is 0.482. The first-order chi connectivity index (χ1) is 8.74. The summed E-state index contributed by atoms with van der Waals surface area (Å²) in [6.07, 6.45) is 3.93. The van der Waals surface area contributed by atoms with E-state index in [4.69, 9.17) is 0 Å². The second-order valence-corrected chi connectivity index (χ2v) is 5.04. The molecule has 18 heavy (non-hydrogen) atoms. The Bertz CT molecular complexity index is 665. The summed E-state index contributed by atoms with van der Waals surface area (Å²) in [5, 5.41) is 10.8. The van der Waals surface area contributed by atoms with Gasteiger partial charge >= 0.3 is 0 Å². The van der Waals surface area contributed by atoms with E-state index < -0.39 is 0 Å². The van der Waals surface area contributed by atoms with Crippen molar-refractivity contribution in [1.29, 1.82) is 0 Å². The number of hydrogen-bond donors (Lipinski definition) is 0. The van der Waals surface area contributed by atoms with E-state index in [1.807, 2.05) is 36.4 Å². The van der Waals surface area contributed by atoms with Crippen LogP contribution in [0.1, 0.15) is 11.1 Å². The minimum atomic E-state index is -0.364. The van der Waals surface area contributed by atoms with Crippen LogP contribution >= 0.6 is 11.8 Å². The molecule has 0 N–H and O–H groups in total. The normalized spacial score (nSPS) is 12.4. The zero-order valence-corrected chi connectivity index (χ0v) is 10.2. The van der Waals surface area contributed by atoms with E-state index in [1.165, 1.54) is 4.90 Å². The second kappa shape index (κ2) is 4.31. The van der Waals surface area contributed by atoms with Crippen LogP contribution in [-0.4, -0.2) is 4.92 Å². The number of nitro groups is 1. The molecule has 0 fully saturated rings. The van der Waals surface area contributed by atoms with Crippen molar-refractivity contribution in [2.24, 2.45) is 0 Å². The molecule has 0 amide bonds. The highest BCUT2D eigenvalue weighted by Gasteiger charge is 2.13. The van der Waals surface area contributed by atoms with Gasteiger partial charge in [-0.2, -0.15) is 0 Å². The molecule has 2 aromatic carbocycles. The van der Waals surface area contributed by atoms with Crippen molar-refractivity contribution in [3.05, 3.63) is 63.7 Å². The largest absolute Gasteiger partial charge is 0.270 e. The predicted octanol–water partition coefficient (Wildman–Crippen LogP) is 4.23. The van der Waals surface area contributed by atoms with Crippen molar-refractivity contribution in [1.82, 2.24) is 0 Å². The van der Waals surface area contributed by atoms with Crippen molar-refractivity contribution in [3.8, 4) is 0 Å². The van der Waals surface area contributed by atoms with Gasteiger partial charge in [-0.15, -0.1) is 0 Å². The van der Waals surface area contributed by atoms with Gasteiger partial charge in [-0.05, 0) is 23.3 Å². The number of hydrogen-bond acceptors (Lipinski definition) is 3. The molecule has 4 heteroatoms. The lowest BCUT2D eigenvalue weighted by molar-refractivity contribution is -0.384. The molecular weight excluding hydrogens is 246 g/mol. The van der Waals surface area contributed by atoms with Gasteiger partial charge in [0.15, 0.2) is 0 Å². The number of rotatable bonds is 1. The van der Waals surface area contributed by atoms with E-state index in [1.54, 1.807) is 23.9 Å². The molecule has 0 aliphatic carbocycles. The number of benzene rings is 2. The SMILES string of the molecule is O=[N+]([O-])c1ccc2c(c1)C=Cc1ccccc1S2. The molecule has 2 aromatic rings. The molecule has 3 rings (SSSR count). The van der Waals surface area contributed by atoms with Gasteiger partial charge in [0.25, 0.3) is 5.69 Å². The van der Waals surface area contributed by atoms with Gasteiger partial charge in [0, 0.05) is 21.9 Å². The molecule has 0 unspecified atom stereocenters. The molecule has 88 valence electrons. The maximum atomic E-state index is 10.8. The van der Waals surface area contributed by atoms with Crippen LogP contribution in [0.2, 0.25) is 0 Å². The van der Waals surface area contributed by atoms with Gasteiger partial charge in [-0.3, -0.25) is 10.1 Å². The van der Waals surface area contributed by atoms with Gasteiger partial charge in [-0.1, -0.05) is 42.1 Å². The third-order valence-electron chi connectivity index (χ3n) is 2.79. The Labute approximate surface area is 108 Å². The maximum Gasteiger partial charge on any atom is 0.270 e. The summed E-state index contributed by atoms with van der Waals surface area (Å²) >= 11 is 1.64. The standard InChI is InChI=1S/C14H9NO2S/c16-15(17)12-7-8-14-11(9-12)6-5-10-3-1-2-4-13(10)18-14/h1-9H. The first kappa shape index (κ1) is 11.0. The smallest absolute Gasteiger partial charge is 0.258 e. The summed E-state index contributed by atoms with van der Waals surface area (Å²) in [6, 6.07) is 13.1. The number of nitro benzene ring substituents is 1. The highest BCUT2D eigenvalue weighted by atomic mass is 32.2. The molecular formula is C14H9NO2S. The third kappa shape index (κ3) is 1.91. The predicted molar refractivity (Wildman–Crippen MR) is 72.6 cm³/mol. The van der Waals surface area contributed by atoms with Gasteiger partial charge < -0.3 is 0 Å². The van der Waals surface area contributed by atoms with E-state index in [0.29, 0.717) is 0 Å². The topological polar surface area (TPSA) is 43.1 Å². The zero-order chi connectivity index (χ0) is 12.5. The summed E-state index contributed by atoms with van der Waals surface area (Å²) < 4.78 is 0. The number of non-ortho nitro benzene ring substituents is 1. The maximum absolute atomic E-state index is 10.8. The monoisotopic (exact) mass is 255 g/mol. The Morgan fingerprint density at radius 2 is 1.67 bits per heavy atom. The molecule has 0 saturated carbocycles. The highest BCUT2D eigenvalue weighted by molar-refractivity contribution is 7.99. The summed E-state index contributed by atoms with van der Waals surface area (Å²) in [6.45, 7) is 0. The lowest BCUT2D eigenvalue weighted by Gasteiger charge is -2.04. The fourth-order valence-corrected chi connectivity index (χ4v) is 2.90. The van der Waals surface area contributed by atoms with Crippen LogP contribution in [0.3, 0.4) is 0 Å².